The van der Waals surface area contributed by atoms with E-state index in [4.69, 9.17) is 0 Å². The molecule has 1 aromatic rings. The van der Waals surface area contributed by atoms with Gasteiger partial charge in [-0.05, 0) is 24.6 Å². The zero-order chi connectivity index (χ0) is 11.9. The van der Waals surface area contributed by atoms with Crippen molar-refractivity contribution in [2.45, 2.75) is 13.0 Å². The van der Waals surface area contributed by atoms with E-state index in [9.17, 15) is 9.59 Å². The average Bonchev–Trinajstić information content (AvgIpc) is 2.61. The molecule has 16 heavy (non-hydrogen) atoms. The Morgan fingerprint density at radius 1 is 1.50 bits per heavy atom. The number of nitrogens with one attached hydrogen (secondary N) is 1. The summed E-state index contributed by atoms with van der Waals surface area (Å²) in [5, 5.41) is 2.60. The third-order valence-electron chi connectivity index (χ3n) is 2.69. The van der Waals surface area contributed by atoms with Crippen molar-refractivity contribution < 1.29 is 14.3 Å². The molecule has 0 aromatic heterocycles. The van der Waals surface area contributed by atoms with Crippen LogP contribution in [0.1, 0.15) is 27.5 Å². The van der Waals surface area contributed by atoms with Crippen molar-refractivity contribution in [1.82, 2.24) is 5.32 Å². The normalized spacial score (nSPS) is 17.9. The number of carbonyl (C=O) groups excluding carboxylic acids is 2. The van der Waals surface area contributed by atoms with Crippen molar-refractivity contribution in [1.29, 1.82) is 0 Å². The molecule has 1 N–H and O–H groups in total. The second-order valence-corrected chi connectivity index (χ2v) is 4.42. The summed E-state index contributed by atoms with van der Waals surface area (Å²) in [6, 6.07) is 2.81. The Morgan fingerprint density at radius 2 is 2.19 bits per heavy atom. The third kappa shape index (κ3) is 1.51. The lowest BCUT2D eigenvalue weighted by atomic mass is 9.99. The molecule has 0 saturated heterocycles. The number of halogens is 1. The van der Waals surface area contributed by atoms with Crippen LogP contribution in [0.2, 0.25) is 0 Å². The molecule has 4 nitrogen and oxygen atoms in total. The first-order valence-electron chi connectivity index (χ1n) is 4.74. The Balaban J connectivity index is 2.59. The third-order valence-corrected chi connectivity index (χ3v) is 3.55. The highest BCUT2D eigenvalue weighted by molar-refractivity contribution is 9.10. The molecule has 0 spiro atoms. The second-order valence-electron chi connectivity index (χ2n) is 3.56. The van der Waals surface area contributed by atoms with Crippen LogP contribution >= 0.6 is 15.9 Å². The minimum Gasteiger partial charge on any atom is -0.467 e. The van der Waals surface area contributed by atoms with Gasteiger partial charge in [0.2, 0.25) is 0 Å². The molecular formula is C11H10BrNO3. The number of hydrogen-bond donors (Lipinski definition) is 1. The van der Waals surface area contributed by atoms with E-state index in [1.165, 1.54) is 7.11 Å². The van der Waals surface area contributed by atoms with Crippen molar-refractivity contribution in [3.8, 4) is 0 Å². The standard InChI is InChI=1S/C11H10BrNO3/c1-5-7(12)4-3-6-8(5)9(11(15)16-2)13-10(6)14/h3-4,9H,1-2H3,(H,13,14). The van der Waals surface area contributed by atoms with E-state index in [1.807, 2.05) is 6.92 Å². The molecular weight excluding hydrogens is 274 g/mol. The number of hydrogen-bond acceptors (Lipinski definition) is 3. The Hall–Kier alpha value is -1.36. The molecule has 1 aromatic carbocycles. The van der Waals surface area contributed by atoms with Gasteiger partial charge < -0.3 is 10.1 Å². The Bertz CT molecular complexity index is 484. The molecule has 2 rings (SSSR count). The lowest BCUT2D eigenvalue weighted by Crippen LogP contribution is -2.27. The predicted molar refractivity (Wildman–Crippen MR) is 61.1 cm³/mol. The second kappa shape index (κ2) is 3.90. The monoisotopic (exact) mass is 283 g/mol. The van der Waals surface area contributed by atoms with Crippen molar-refractivity contribution in [2.24, 2.45) is 0 Å². The lowest BCUT2D eigenvalue weighted by Gasteiger charge is -2.11. The summed E-state index contributed by atoms with van der Waals surface area (Å²) in [5.41, 5.74) is 2.12. The van der Waals surface area contributed by atoms with Gasteiger partial charge >= 0.3 is 5.97 Å². The van der Waals surface area contributed by atoms with Gasteiger partial charge in [0.1, 0.15) is 0 Å². The van der Waals surface area contributed by atoms with Crippen LogP contribution in [0, 0.1) is 6.92 Å². The molecule has 1 unspecified atom stereocenters. The van der Waals surface area contributed by atoms with Gasteiger partial charge in [-0.1, -0.05) is 15.9 Å². The number of esters is 1. The zero-order valence-corrected chi connectivity index (χ0v) is 10.4. The van der Waals surface area contributed by atoms with Crippen LogP contribution in [0.25, 0.3) is 0 Å². The number of amides is 1. The minimum absolute atomic E-state index is 0.235. The highest BCUT2D eigenvalue weighted by Crippen LogP contribution is 2.33. The molecule has 0 aliphatic carbocycles. The maximum Gasteiger partial charge on any atom is 0.333 e. The maximum atomic E-state index is 11.6. The highest BCUT2D eigenvalue weighted by atomic mass is 79.9. The topological polar surface area (TPSA) is 55.4 Å². The number of rotatable bonds is 1. The molecule has 0 bridgehead atoms. The summed E-state index contributed by atoms with van der Waals surface area (Å²) in [4.78, 5) is 23.2. The molecule has 1 heterocycles. The summed E-state index contributed by atoms with van der Waals surface area (Å²) < 4.78 is 5.54. The molecule has 0 saturated carbocycles. The molecule has 5 heteroatoms. The van der Waals surface area contributed by atoms with Crippen LogP contribution in [-0.4, -0.2) is 19.0 Å². The molecule has 1 aliphatic rings. The first-order chi connectivity index (χ1) is 7.56. The fourth-order valence-electron chi connectivity index (χ4n) is 1.85. The number of benzene rings is 1. The van der Waals surface area contributed by atoms with Crippen molar-refractivity contribution in [3.05, 3.63) is 33.3 Å². The van der Waals surface area contributed by atoms with Gasteiger partial charge in [-0.2, -0.15) is 0 Å². The summed E-state index contributed by atoms with van der Waals surface area (Å²) >= 11 is 3.38. The minimum atomic E-state index is -0.690. The highest BCUT2D eigenvalue weighted by Gasteiger charge is 2.36. The van der Waals surface area contributed by atoms with Gasteiger partial charge in [-0.3, -0.25) is 4.79 Å². The Kier molecular flexibility index (Phi) is 2.71. The van der Waals surface area contributed by atoms with E-state index in [1.54, 1.807) is 12.1 Å². The van der Waals surface area contributed by atoms with E-state index >= 15 is 0 Å². The van der Waals surface area contributed by atoms with Gasteiger partial charge in [0.05, 0.1) is 7.11 Å². The van der Waals surface area contributed by atoms with Crippen molar-refractivity contribution in [3.63, 3.8) is 0 Å². The van der Waals surface area contributed by atoms with E-state index in [2.05, 4.69) is 26.0 Å². The number of carbonyl (C=O) groups is 2. The van der Waals surface area contributed by atoms with Gasteiger partial charge in [0.25, 0.3) is 5.91 Å². The van der Waals surface area contributed by atoms with Crippen molar-refractivity contribution in [2.75, 3.05) is 7.11 Å². The fraction of sp³-hybridized carbons (Fsp3) is 0.273. The SMILES string of the molecule is COC(=O)C1NC(=O)c2ccc(Br)c(C)c21. The van der Waals surface area contributed by atoms with Crippen LogP contribution in [0.5, 0.6) is 0 Å². The zero-order valence-electron chi connectivity index (χ0n) is 8.83. The number of fused-ring (bicyclic) bond motifs is 1. The van der Waals surface area contributed by atoms with Crippen LogP contribution in [0.3, 0.4) is 0 Å². The lowest BCUT2D eigenvalue weighted by molar-refractivity contribution is -0.142. The van der Waals surface area contributed by atoms with Crippen LogP contribution in [-0.2, 0) is 9.53 Å². The fourth-order valence-corrected chi connectivity index (χ4v) is 2.19. The van der Waals surface area contributed by atoms with Crippen molar-refractivity contribution >= 4 is 27.8 Å². The summed E-state index contributed by atoms with van der Waals surface area (Å²) in [7, 11) is 1.31. The van der Waals surface area contributed by atoms with Gasteiger partial charge in [-0.25, -0.2) is 4.79 Å². The van der Waals surface area contributed by atoms with Gasteiger partial charge in [-0.15, -0.1) is 0 Å². The Morgan fingerprint density at radius 3 is 2.81 bits per heavy atom. The summed E-state index contributed by atoms with van der Waals surface area (Å²) in [6.07, 6.45) is 0. The van der Waals surface area contributed by atoms with Crippen LogP contribution in [0.15, 0.2) is 16.6 Å². The molecule has 1 aliphatic heterocycles. The molecule has 84 valence electrons. The predicted octanol–water partition coefficient (Wildman–Crippen LogP) is 1.72. The van der Waals surface area contributed by atoms with Gasteiger partial charge in [0.15, 0.2) is 6.04 Å². The van der Waals surface area contributed by atoms with E-state index < -0.39 is 12.0 Å². The maximum absolute atomic E-state index is 11.6. The smallest absolute Gasteiger partial charge is 0.333 e. The average molecular weight is 284 g/mol. The van der Waals surface area contributed by atoms with E-state index in [-0.39, 0.29) is 5.91 Å². The van der Waals surface area contributed by atoms with E-state index in [0.717, 1.165) is 10.0 Å². The first kappa shape index (κ1) is 11.1. The quantitative estimate of drug-likeness (QED) is 0.799. The first-order valence-corrected chi connectivity index (χ1v) is 5.53. The summed E-state index contributed by atoms with van der Waals surface area (Å²) in [5.74, 6) is -0.686. The number of ether oxygens (including phenoxy) is 1. The molecule has 1 amide bonds. The molecule has 0 radical (unpaired) electrons. The van der Waals surface area contributed by atoms with E-state index in [0.29, 0.717) is 11.1 Å². The Labute approximate surface area is 101 Å². The molecule has 0 fully saturated rings. The summed E-state index contributed by atoms with van der Waals surface area (Å²) in [6.45, 7) is 1.86. The van der Waals surface area contributed by atoms with Crippen LogP contribution < -0.4 is 5.32 Å². The number of methoxy groups -OCH3 is 1. The van der Waals surface area contributed by atoms with Gasteiger partial charge in [0, 0.05) is 15.6 Å². The van der Waals surface area contributed by atoms with Crippen LogP contribution in [0.4, 0.5) is 0 Å². The largest absolute Gasteiger partial charge is 0.467 e. The molecule has 1 atom stereocenters.